The predicted octanol–water partition coefficient (Wildman–Crippen LogP) is 2.75. The van der Waals surface area contributed by atoms with E-state index < -0.39 is 5.82 Å². The van der Waals surface area contributed by atoms with Crippen molar-refractivity contribution >= 4 is 5.91 Å². The van der Waals surface area contributed by atoms with Crippen LogP contribution in [0.2, 0.25) is 0 Å². The number of carbonyl (C=O) groups is 1. The lowest BCUT2D eigenvalue weighted by molar-refractivity contribution is -0.132. The van der Waals surface area contributed by atoms with Gasteiger partial charge in [0.1, 0.15) is 18.1 Å². The topological polar surface area (TPSA) is 48.0 Å². The SMILES string of the molecule is COc1ccc(OCC(=O)N(C)CCOc2ccccc2F)cc1. The lowest BCUT2D eigenvalue weighted by atomic mass is 10.3. The molecule has 0 aliphatic heterocycles. The van der Waals surface area contributed by atoms with E-state index in [1.807, 2.05) is 0 Å². The first-order valence-electron chi connectivity index (χ1n) is 7.48. The summed E-state index contributed by atoms with van der Waals surface area (Å²) in [6.07, 6.45) is 0. The number of hydrogen-bond acceptors (Lipinski definition) is 4. The van der Waals surface area contributed by atoms with Crippen molar-refractivity contribution in [2.75, 3.05) is 33.9 Å². The molecule has 0 aromatic heterocycles. The number of para-hydroxylation sites is 1. The summed E-state index contributed by atoms with van der Waals surface area (Å²) in [5.74, 6) is 0.862. The Hall–Kier alpha value is -2.76. The van der Waals surface area contributed by atoms with E-state index in [2.05, 4.69) is 0 Å². The number of rotatable bonds is 8. The number of likely N-dealkylation sites (N-methyl/N-ethyl adjacent to an activating group) is 1. The first-order chi connectivity index (χ1) is 11.6. The lowest BCUT2D eigenvalue weighted by Gasteiger charge is -2.18. The highest BCUT2D eigenvalue weighted by Gasteiger charge is 2.10. The molecule has 24 heavy (non-hydrogen) atoms. The Balaban J connectivity index is 1.72. The van der Waals surface area contributed by atoms with Gasteiger partial charge in [0.15, 0.2) is 18.2 Å². The van der Waals surface area contributed by atoms with E-state index in [1.54, 1.807) is 56.6 Å². The minimum absolute atomic E-state index is 0.0808. The normalized spacial score (nSPS) is 10.1. The quantitative estimate of drug-likeness (QED) is 0.745. The van der Waals surface area contributed by atoms with E-state index in [0.717, 1.165) is 5.75 Å². The van der Waals surface area contributed by atoms with E-state index in [4.69, 9.17) is 14.2 Å². The van der Waals surface area contributed by atoms with Gasteiger partial charge < -0.3 is 19.1 Å². The van der Waals surface area contributed by atoms with Crippen molar-refractivity contribution in [1.82, 2.24) is 4.90 Å². The van der Waals surface area contributed by atoms with Crippen LogP contribution in [0.25, 0.3) is 0 Å². The zero-order valence-electron chi connectivity index (χ0n) is 13.7. The molecule has 0 atom stereocenters. The molecule has 0 aliphatic rings. The first-order valence-corrected chi connectivity index (χ1v) is 7.48. The van der Waals surface area contributed by atoms with Crippen LogP contribution in [-0.4, -0.2) is 44.7 Å². The van der Waals surface area contributed by atoms with Gasteiger partial charge in [0.25, 0.3) is 5.91 Å². The molecule has 0 saturated heterocycles. The Morgan fingerprint density at radius 1 is 1.04 bits per heavy atom. The molecule has 0 aliphatic carbocycles. The maximum absolute atomic E-state index is 13.4. The second-order valence-corrected chi connectivity index (χ2v) is 5.06. The fourth-order valence-corrected chi connectivity index (χ4v) is 1.91. The van der Waals surface area contributed by atoms with Crippen LogP contribution in [0.4, 0.5) is 4.39 Å². The molecule has 128 valence electrons. The molecule has 0 radical (unpaired) electrons. The van der Waals surface area contributed by atoms with Crippen molar-refractivity contribution < 1.29 is 23.4 Å². The molecule has 6 heteroatoms. The Labute approximate surface area is 140 Å². The molecule has 2 rings (SSSR count). The number of ether oxygens (including phenoxy) is 3. The summed E-state index contributed by atoms with van der Waals surface area (Å²) in [4.78, 5) is 13.5. The third kappa shape index (κ3) is 5.15. The highest BCUT2D eigenvalue weighted by Crippen LogP contribution is 2.17. The van der Waals surface area contributed by atoms with Crippen LogP contribution in [0.1, 0.15) is 0 Å². The molecular weight excluding hydrogens is 313 g/mol. The number of hydrogen-bond donors (Lipinski definition) is 0. The van der Waals surface area contributed by atoms with Crippen LogP contribution < -0.4 is 14.2 Å². The second kappa shape index (κ2) is 8.76. The zero-order valence-corrected chi connectivity index (χ0v) is 13.7. The zero-order chi connectivity index (χ0) is 17.4. The van der Waals surface area contributed by atoms with E-state index in [0.29, 0.717) is 12.3 Å². The Morgan fingerprint density at radius 2 is 1.71 bits per heavy atom. The number of halogens is 1. The smallest absolute Gasteiger partial charge is 0.260 e. The van der Waals surface area contributed by atoms with E-state index >= 15 is 0 Å². The molecule has 2 aromatic rings. The maximum Gasteiger partial charge on any atom is 0.260 e. The van der Waals surface area contributed by atoms with Crippen LogP contribution in [-0.2, 0) is 4.79 Å². The molecule has 0 bridgehead atoms. The van der Waals surface area contributed by atoms with Crippen LogP contribution in [0.15, 0.2) is 48.5 Å². The van der Waals surface area contributed by atoms with Gasteiger partial charge in [-0.3, -0.25) is 4.79 Å². The van der Waals surface area contributed by atoms with Crippen molar-refractivity contribution in [3.8, 4) is 17.2 Å². The van der Waals surface area contributed by atoms with Gasteiger partial charge in [-0.25, -0.2) is 4.39 Å². The van der Waals surface area contributed by atoms with Gasteiger partial charge in [-0.15, -0.1) is 0 Å². The Kier molecular flexibility index (Phi) is 6.42. The van der Waals surface area contributed by atoms with Crippen LogP contribution in [0, 0.1) is 5.82 Å². The van der Waals surface area contributed by atoms with Crippen molar-refractivity contribution in [1.29, 1.82) is 0 Å². The fourth-order valence-electron chi connectivity index (χ4n) is 1.91. The number of benzene rings is 2. The van der Waals surface area contributed by atoms with Gasteiger partial charge in [0.2, 0.25) is 0 Å². The molecule has 1 amide bonds. The minimum Gasteiger partial charge on any atom is -0.497 e. The van der Waals surface area contributed by atoms with Gasteiger partial charge in [0.05, 0.1) is 13.7 Å². The number of methoxy groups -OCH3 is 1. The largest absolute Gasteiger partial charge is 0.497 e. The van der Waals surface area contributed by atoms with Crippen molar-refractivity contribution in [2.45, 2.75) is 0 Å². The summed E-state index contributed by atoms with van der Waals surface area (Å²) in [5, 5.41) is 0. The molecular formula is C18H20FNO4. The number of nitrogens with zero attached hydrogens (tertiary/aromatic N) is 1. The van der Waals surface area contributed by atoms with Crippen LogP contribution in [0.5, 0.6) is 17.2 Å². The summed E-state index contributed by atoms with van der Waals surface area (Å²) in [7, 11) is 3.22. The Bertz CT molecular complexity index is 660. The van der Waals surface area contributed by atoms with Gasteiger partial charge >= 0.3 is 0 Å². The van der Waals surface area contributed by atoms with Crippen molar-refractivity contribution in [3.63, 3.8) is 0 Å². The highest BCUT2D eigenvalue weighted by atomic mass is 19.1. The molecule has 5 nitrogen and oxygen atoms in total. The van der Waals surface area contributed by atoms with E-state index in [-0.39, 0.29) is 24.9 Å². The molecule has 0 unspecified atom stereocenters. The summed E-state index contributed by atoms with van der Waals surface area (Å²) < 4.78 is 29.2. The van der Waals surface area contributed by atoms with E-state index in [9.17, 15) is 9.18 Å². The summed E-state index contributed by atoms with van der Waals surface area (Å²) in [6.45, 7) is 0.452. The molecule has 0 heterocycles. The first kappa shape index (κ1) is 17.6. The summed E-state index contributed by atoms with van der Waals surface area (Å²) >= 11 is 0. The van der Waals surface area contributed by atoms with Crippen LogP contribution in [0.3, 0.4) is 0 Å². The molecule has 0 N–H and O–H groups in total. The fraction of sp³-hybridized carbons (Fsp3) is 0.278. The minimum atomic E-state index is -0.422. The highest BCUT2D eigenvalue weighted by molar-refractivity contribution is 5.77. The molecule has 0 fully saturated rings. The molecule has 2 aromatic carbocycles. The van der Waals surface area contributed by atoms with Gasteiger partial charge in [-0.05, 0) is 36.4 Å². The van der Waals surface area contributed by atoms with Gasteiger partial charge in [0, 0.05) is 7.05 Å². The maximum atomic E-state index is 13.4. The molecule has 0 spiro atoms. The third-order valence-corrected chi connectivity index (χ3v) is 3.37. The average Bonchev–Trinajstić information content (AvgIpc) is 2.61. The van der Waals surface area contributed by atoms with Crippen LogP contribution >= 0.6 is 0 Å². The lowest BCUT2D eigenvalue weighted by Crippen LogP contribution is -2.34. The number of amides is 1. The number of carbonyl (C=O) groups excluding carboxylic acids is 1. The summed E-state index contributed by atoms with van der Waals surface area (Å²) in [5.41, 5.74) is 0. The predicted molar refractivity (Wildman–Crippen MR) is 88.0 cm³/mol. The average molecular weight is 333 g/mol. The monoisotopic (exact) mass is 333 g/mol. The van der Waals surface area contributed by atoms with Crippen molar-refractivity contribution in [3.05, 3.63) is 54.3 Å². The van der Waals surface area contributed by atoms with E-state index in [1.165, 1.54) is 11.0 Å². The van der Waals surface area contributed by atoms with Crippen molar-refractivity contribution in [2.24, 2.45) is 0 Å². The second-order valence-electron chi connectivity index (χ2n) is 5.06. The van der Waals surface area contributed by atoms with Gasteiger partial charge in [-0.2, -0.15) is 0 Å². The van der Waals surface area contributed by atoms with Gasteiger partial charge in [-0.1, -0.05) is 12.1 Å². The summed E-state index contributed by atoms with van der Waals surface area (Å²) in [6, 6.07) is 13.1. The molecule has 0 saturated carbocycles. The third-order valence-electron chi connectivity index (χ3n) is 3.37. The standard InChI is InChI=1S/C18H20FNO4/c1-20(11-12-23-17-6-4-3-5-16(17)19)18(21)13-24-15-9-7-14(22-2)8-10-15/h3-10H,11-13H2,1-2H3. The Morgan fingerprint density at radius 3 is 2.38 bits per heavy atom.